The van der Waals surface area contributed by atoms with Gasteiger partial charge in [-0.2, -0.15) is 0 Å². The Balaban J connectivity index is 1.89. The molecule has 0 bridgehead atoms. The van der Waals surface area contributed by atoms with Crippen LogP contribution in [-0.4, -0.2) is 43.8 Å². The predicted octanol–water partition coefficient (Wildman–Crippen LogP) is 2.10. The maximum absolute atomic E-state index is 13.4. The lowest BCUT2D eigenvalue weighted by Gasteiger charge is -2.32. The van der Waals surface area contributed by atoms with Crippen molar-refractivity contribution < 1.29 is 13.5 Å². The maximum Gasteiger partial charge on any atom is 0.146 e. The highest BCUT2D eigenvalue weighted by Gasteiger charge is 2.19. The van der Waals surface area contributed by atoms with Crippen LogP contribution >= 0.6 is 0 Å². The molecule has 1 aliphatic rings. The van der Waals surface area contributed by atoms with Gasteiger partial charge in [-0.15, -0.1) is 0 Å². The fraction of sp³-hybridized carbons (Fsp3) is 0.538. The van der Waals surface area contributed by atoms with Crippen molar-refractivity contribution in [1.29, 1.82) is 0 Å². The van der Waals surface area contributed by atoms with Gasteiger partial charge in [0, 0.05) is 19.6 Å². The van der Waals surface area contributed by atoms with Gasteiger partial charge in [0.2, 0.25) is 0 Å². The largest absolute Gasteiger partial charge is 0.380 e. The standard InChI is InChI=1S/C13H18F2N2O/c1-2-17-5-6-18-11(9-17)8-16-13-7-10(14)3-4-12(13)15/h3-4,7,11,16H,2,5-6,8-9H2,1H3. The molecule has 100 valence electrons. The molecule has 1 unspecified atom stereocenters. The molecule has 0 aromatic heterocycles. The third-order valence-electron chi connectivity index (χ3n) is 3.12. The molecule has 1 saturated heterocycles. The second kappa shape index (κ2) is 6.11. The minimum Gasteiger partial charge on any atom is -0.380 e. The molecule has 0 spiro atoms. The zero-order chi connectivity index (χ0) is 13.0. The van der Waals surface area contributed by atoms with Crippen LogP contribution in [0.4, 0.5) is 14.5 Å². The maximum atomic E-state index is 13.4. The molecule has 1 aromatic rings. The van der Waals surface area contributed by atoms with E-state index in [2.05, 4.69) is 17.1 Å². The molecule has 1 aliphatic heterocycles. The van der Waals surface area contributed by atoms with Gasteiger partial charge in [-0.25, -0.2) is 8.78 Å². The summed E-state index contributed by atoms with van der Waals surface area (Å²) in [6.07, 6.45) is 0.0152. The topological polar surface area (TPSA) is 24.5 Å². The number of anilines is 1. The molecular weight excluding hydrogens is 238 g/mol. The predicted molar refractivity (Wildman–Crippen MR) is 66.7 cm³/mol. The van der Waals surface area contributed by atoms with Crippen LogP contribution < -0.4 is 5.32 Å². The first-order valence-corrected chi connectivity index (χ1v) is 6.22. The molecule has 0 saturated carbocycles. The Morgan fingerprint density at radius 2 is 2.28 bits per heavy atom. The number of hydrogen-bond acceptors (Lipinski definition) is 3. The summed E-state index contributed by atoms with van der Waals surface area (Å²) in [4.78, 5) is 2.28. The summed E-state index contributed by atoms with van der Waals surface area (Å²) in [6, 6.07) is 3.39. The minimum absolute atomic E-state index is 0.0152. The van der Waals surface area contributed by atoms with Crippen molar-refractivity contribution in [2.45, 2.75) is 13.0 Å². The second-order valence-electron chi connectivity index (χ2n) is 4.39. The summed E-state index contributed by atoms with van der Waals surface area (Å²) in [6.45, 7) is 6.00. The fourth-order valence-corrected chi connectivity index (χ4v) is 2.05. The highest BCUT2D eigenvalue weighted by atomic mass is 19.1. The van der Waals surface area contributed by atoms with Gasteiger partial charge < -0.3 is 10.1 Å². The molecule has 0 aliphatic carbocycles. The van der Waals surface area contributed by atoms with Crippen molar-refractivity contribution in [3.63, 3.8) is 0 Å². The number of halogens is 2. The van der Waals surface area contributed by atoms with Gasteiger partial charge >= 0.3 is 0 Å². The SMILES string of the molecule is CCN1CCOC(CNc2cc(F)ccc2F)C1. The summed E-state index contributed by atoms with van der Waals surface area (Å²) < 4.78 is 32.0. The van der Waals surface area contributed by atoms with E-state index in [4.69, 9.17) is 4.74 Å². The highest BCUT2D eigenvalue weighted by molar-refractivity contribution is 5.44. The number of hydrogen-bond donors (Lipinski definition) is 1. The van der Waals surface area contributed by atoms with Crippen molar-refractivity contribution in [2.75, 3.05) is 38.1 Å². The molecular formula is C13H18F2N2O. The monoisotopic (exact) mass is 256 g/mol. The molecule has 1 fully saturated rings. The fourth-order valence-electron chi connectivity index (χ4n) is 2.05. The molecule has 0 radical (unpaired) electrons. The quantitative estimate of drug-likeness (QED) is 0.893. The molecule has 1 atom stereocenters. The first kappa shape index (κ1) is 13.2. The van der Waals surface area contributed by atoms with Crippen LogP contribution in [0.15, 0.2) is 18.2 Å². The van der Waals surface area contributed by atoms with Crippen LogP contribution in [0, 0.1) is 11.6 Å². The Hall–Kier alpha value is -1.20. The Labute approximate surface area is 106 Å². The zero-order valence-corrected chi connectivity index (χ0v) is 10.5. The van der Waals surface area contributed by atoms with E-state index in [0.717, 1.165) is 37.8 Å². The zero-order valence-electron chi connectivity index (χ0n) is 10.5. The first-order valence-electron chi connectivity index (χ1n) is 6.22. The Kier molecular flexibility index (Phi) is 4.49. The Morgan fingerprint density at radius 3 is 3.06 bits per heavy atom. The molecule has 18 heavy (non-hydrogen) atoms. The molecule has 2 rings (SSSR count). The lowest BCUT2D eigenvalue weighted by Crippen LogP contribution is -2.45. The van der Waals surface area contributed by atoms with Crippen LogP contribution in [-0.2, 0) is 4.74 Å². The second-order valence-corrected chi connectivity index (χ2v) is 4.39. The van der Waals surface area contributed by atoms with E-state index < -0.39 is 11.6 Å². The van der Waals surface area contributed by atoms with E-state index in [1.807, 2.05) is 0 Å². The van der Waals surface area contributed by atoms with E-state index in [0.29, 0.717) is 13.2 Å². The number of nitrogens with one attached hydrogen (secondary N) is 1. The smallest absolute Gasteiger partial charge is 0.146 e. The van der Waals surface area contributed by atoms with Crippen molar-refractivity contribution >= 4 is 5.69 Å². The van der Waals surface area contributed by atoms with E-state index in [1.165, 1.54) is 0 Å². The Morgan fingerprint density at radius 1 is 1.44 bits per heavy atom. The van der Waals surface area contributed by atoms with E-state index in [-0.39, 0.29) is 11.8 Å². The van der Waals surface area contributed by atoms with Gasteiger partial charge in [0.1, 0.15) is 11.6 Å². The molecule has 1 N–H and O–H groups in total. The lowest BCUT2D eigenvalue weighted by molar-refractivity contribution is -0.0192. The molecule has 5 heteroatoms. The van der Waals surface area contributed by atoms with Crippen LogP contribution in [0.25, 0.3) is 0 Å². The summed E-state index contributed by atoms with van der Waals surface area (Å²) in [5, 5.41) is 2.90. The van der Waals surface area contributed by atoms with Gasteiger partial charge in [-0.1, -0.05) is 6.92 Å². The van der Waals surface area contributed by atoms with Crippen molar-refractivity contribution in [3.05, 3.63) is 29.8 Å². The summed E-state index contributed by atoms with van der Waals surface area (Å²) >= 11 is 0. The van der Waals surface area contributed by atoms with Gasteiger partial charge in [-0.3, -0.25) is 4.90 Å². The third kappa shape index (κ3) is 3.40. The van der Waals surface area contributed by atoms with Crippen LogP contribution in [0.2, 0.25) is 0 Å². The van der Waals surface area contributed by atoms with Gasteiger partial charge in [0.05, 0.1) is 18.4 Å². The molecule has 3 nitrogen and oxygen atoms in total. The number of rotatable bonds is 4. The minimum atomic E-state index is -0.446. The van der Waals surface area contributed by atoms with Crippen molar-refractivity contribution in [1.82, 2.24) is 4.90 Å². The van der Waals surface area contributed by atoms with Crippen LogP contribution in [0.3, 0.4) is 0 Å². The normalized spacial score (nSPS) is 20.9. The van der Waals surface area contributed by atoms with Gasteiger partial charge in [0.15, 0.2) is 0 Å². The number of ether oxygens (including phenoxy) is 1. The molecule has 1 aromatic carbocycles. The summed E-state index contributed by atoms with van der Waals surface area (Å²) in [5.74, 6) is -0.891. The lowest BCUT2D eigenvalue weighted by atomic mass is 10.2. The van der Waals surface area contributed by atoms with Crippen molar-refractivity contribution in [2.24, 2.45) is 0 Å². The Bertz CT molecular complexity index is 401. The van der Waals surface area contributed by atoms with E-state index >= 15 is 0 Å². The first-order chi connectivity index (χ1) is 8.69. The number of morpholine rings is 1. The number of nitrogens with zero attached hydrogens (tertiary/aromatic N) is 1. The van der Waals surface area contributed by atoms with E-state index in [9.17, 15) is 8.78 Å². The summed E-state index contributed by atoms with van der Waals surface area (Å²) in [7, 11) is 0. The number of likely N-dealkylation sites (N-methyl/N-ethyl adjacent to an activating group) is 1. The van der Waals surface area contributed by atoms with Crippen LogP contribution in [0.1, 0.15) is 6.92 Å². The highest BCUT2D eigenvalue weighted by Crippen LogP contribution is 2.16. The third-order valence-corrected chi connectivity index (χ3v) is 3.12. The van der Waals surface area contributed by atoms with Gasteiger partial charge in [0.25, 0.3) is 0 Å². The van der Waals surface area contributed by atoms with E-state index in [1.54, 1.807) is 0 Å². The van der Waals surface area contributed by atoms with Crippen LogP contribution in [0.5, 0.6) is 0 Å². The average Bonchev–Trinajstić information content (AvgIpc) is 2.40. The molecule has 1 heterocycles. The summed E-state index contributed by atoms with van der Waals surface area (Å²) in [5.41, 5.74) is 0.187. The number of benzene rings is 1. The molecule has 0 amide bonds. The van der Waals surface area contributed by atoms with Crippen molar-refractivity contribution in [3.8, 4) is 0 Å². The van der Waals surface area contributed by atoms with Gasteiger partial charge in [-0.05, 0) is 24.7 Å². The average molecular weight is 256 g/mol.